The summed E-state index contributed by atoms with van der Waals surface area (Å²) in [5.41, 5.74) is -0.00752. The van der Waals surface area contributed by atoms with E-state index in [0.717, 1.165) is 0 Å². The molecule has 96 valence electrons. The second kappa shape index (κ2) is 7.25. The van der Waals surface area contributed by atoms with Crippen LogP contribution in [0, 0.1) is 11.3 Å². The molecule has 0 atom stereocenters. The van der Waals surface area contributed by atoms with Crippen molar-refractivity contribution in [2.45, 2.75) is 6.42 Å². The maximum atomic E-state index is 10.8. The van der Waals surface area contributed by atoms with Gasteiger partial charge in [0.25, 0.3) is 0 Å². The van der Waals surface area contributed by atoms with Crippen molar-refractivity contribution < 1.29 is 14.6 Å². The minimum Gasteiger partial charge on any atom is -0.477 e. The van der Waals surface area contributed by atoms with Crippen LogP contribution in [0.2, 0.25) is 0 Å². The zero-order valence-electron chi connectivity index (χ0n) is 10.2. The number of carboxylic acids is 1. The largest absolute Gasteiger partial charge is 0.477 e. The molecule has 0 saturated carbocycles. The first kappa shape index (κ1) is 13.9. The van der Waals surface area contributed by atoms with E-state index in [9.17, 15) is 4.79 Å². The third-order valence-electron chi connectivity index (χ3n) is 2.34. The highest BCUT2D eigenvalue weighted by Gasteiger charge is 2.10. The Hall–Kier alpha value is -2.13. The molecular weight excluding hydrogens is 234 g/mol. The van der Waals surface area contributed by atoms with Gasteiger partial charge in [0.1, 0.15) is 5.82 Å². The van der Waals surface area contributed by atoms with Gasteiger partial charge in [-0.2, -0.15) is 5.26 Å². The second-order valence-corrected chi connectivity index (χ2v) is 3.57. The fourth-order valence-corrected chi connectivity index (χ4v) is 1.45. The SMILES string of the molecule is COCCN(CCC#N)c1cccc(C(=O)O)n1. The van der Waals surface area contributed by atoms with E-state index in [1.165, 1.54) is 6.07 Å². The second-order valence-electron chi connectivity index (χ2n) is 3.57. The van der Waals surface area contributed by atoms with E-state index < -0.39 is 5.97 Å². The summed E-state index contributed by atoms with van der Waals surface area (Å²) < 4.78 is 4.98. The lowest BCUT2D eigenvalue weighted by molar-refractivity contribution is 0.0690. The smallest absolute Gasteiger partial charge is 0.354 e. The predicted molar refractivity (Wildman–Crippen MR) is 65.5 cm³/mol. The Kier molecular flexibility index (Phi) is 5.61. The number of carbonyl (C=O) groups is 1. The summed E-state index contributed by atoms with van der Waals surface area (Å²) in [7, 11) is 1.59. The van der Waals surface area contributed by atoms with E-state index >= 15 is 0 Å². The van der Waals surface area contributed by atoms with Gasteiger partial charge in [-0.15, -0.1) is 0 Å². The third-order valence-corrected chi connectivity index (χ3v) is 2.34. The topological polar surface area (TPSA) is 86.5 Å². The van der Waals surface area contributed by atoms with E-state index in [1.54, 1.807) is 19.2 Å². The molecule has 0 radical (unpaired) electrons. The number of nitriles is 1. The van der Waals surface area contributed by atoms with Crippen molar-refractivity contribution in [2.75, 3.05) is 31.7 Å². The van der Waals surface area contributed by atoms with Crippen LogP contribution in [0.5, 0.6) is 0 Å². The quantitative estimate of drug-likeness (QED) is 0.780. The number of anilines is 1. The van der Waals surface area contributed by atoms with Crippen molar-refractivity contribution in [2.24, 2.45) is 0 Å². The highest BCUT2D eigenvalue weighted by molar-refractivity contribution is 5.85. The van der Waals surface area contributed by atoms with Gasteiger partial charge in [-0.25, -0.2) is 9.78 Å². The number of carboxylic acid groups (broad SMARTS) is 1. The highest BCUT2D eigenvalue weighted by Crippen LogP contribution is 2.12. The number of aromatic nitrogens is 1. The van der Waals surface area contributed by atoms with E-state index in [1.807, 2.05) is 4.90 Å². The fourth-order valence-electron chi connectivity index (χ4n) is 1.45. The molecule has 0 aliphatic heterocycles. The predicted octanol–water partition coefficient (Wildman–Crippen LogP) is 1.15. The van der Waals surface area contributed by atoms with Crippen molar-refractivity contribution in [1.29, 1.82) is 5.26 Å². The summed E-state index contributed by atoms with van der Waals surface area (Å²) in [4.78, 5) is 16.7. The van der Waals surface area contributed by atoms with E-state index in [0.29, 0.717) is 31.9 Å². The van der Waals surface area contributed by atoms with Gasteiger partial charge in [-0.3, -0.25) is 0 Å². The van der Waals surface area contributed by atoms with Crippen LogP contribution >= 0.6 is 0 Å². The molecule has 1 aromatic rings. The minimum absolute atomic E-state index is 0.00752. The average molecular weight is 249 g/mol. The van der Waals surface area contributed by atoms with Crippen LogP contribution in [-0.4, -0.2) is 42.9 Å². The summed E-state index contributed by atoms with van der Waals surface area (Å²) in [6.45, 7) is 1.55. The Morgan fingerprint density at radius 1 is 1.56 bits per heavy atom. The van der Waals surface area contributed by atoms with E-state index in [-0.39, 0.29) is 5.69 Å². The minimum atomic E-state index is -1.07. The lowest BCUT2D eigenvalue weighted by Gasteiger charge is -2.22. The maximum absolute atomic E-state index is 10.8. The lowest BCUT2D eigenvalue weighted by Crippen LogP contribution is -2.29. The first-order valence-corrected chi connectivity index (χ1v) is 5.50. The first-order chi connectivity index (χ1) is 8.69. The molecule has 0 amide bonds. The van der Waals surface area contributed by atoms with Gasteiger partial charge in [0.2, 0.25) is 0 Å². The van der Waals surface area contributed by atoms with Gasteiger partial charge >= 0.3 is 5.97 Å². The van der Waals surface area contributed by atoms with Crippen LogP contribution in [-0.2, 0) is 4.74 Å². The Labute approximate surface area is 105 Å². The van der Waals surface area contributed by atoms with Gasteiger partial charge < -0.3 is 14.7 Å². The number of pyridine rings is 1. The van der Waals surface area contributed by atoms with Gasteiger partial charge in [-0.05, 0) is 12.1 Å². The number of ether oxygens (including phenoxy) is 1. The molecule has 1 aromatic heterocycles. The normalized spacial score (nSPS) is 9.78. The zero-order valence-corrected chi connectivity index (χ0v) is 10.2. The molecular formula is C12H15N3O3. The molecule has 6 heteroatoms. The molecule has 0 unspecified atom stereocenters. The van der Waals surface area contributed by atoms with Gasteiger partial charge in [0.15, 0.2) is 5.69 Å². The molecule has 1 heterocycles. The molecule has 18 heavy (non-hydrogen) atoms. The Morgan fingerprint density at radius 2 is 2.33 bits per heavy atom. The van der Waals surface area contributed by atoms with E-state index in [4.69, 9.17) is 15.1 Å². The van der Waals surface area contributed by atoms with Crippen molar-refractivity contribution in [3.05, 3.63) is 23.9 Å². The van der Waals surface area contributed by atoms with Crippen LogP contribution < -0.4 is 4.90 Å². The van der Waals surface area contributed by atoms with Crippen molar-refractivity contribution in [3.8, 4) is 6.07 Å². The van der Waals surface area contributed by atoms with Crippen LogP contribution in [0.1, 0.15) is 16.9 Å². The molecule has 1 rings (SSSR count). The highest BCUT2D eigenvalue weighted by atomic mass is 16.5. The summed E-state index contributed by atoms with van der Waals surface area (Å²) in [6, 6.07) is 6.85. The third kappa shape index (κ3) is 4.03. The van der Waals surface area contributed by atoms with Crippen LogP contribution in [0.3, 0.4) is 0 Å². The molecule has 0 aliphatic carbocycles. The lowest BCUT2D eigenvalue weighted by atomic mass is 10.3. The Morgan fingerprint density at radius 3 is 2.94 bits per heavy atom. The molecule has 0 spiro atoms. The average Bonchev–Trinajstić information content (AvgIpc) is 2.39. The van der Waals surface area contributed by atoms with Gasteiger partial charge in [-0.1, -0.05) is 6.07 Å². The van der Waals surface area contributed by atoms with Crippen molar-refractivity contribution in [1.82, 2.24) is 4.98 Å². The fraction of sp³-hybridized carbons (Fsp3) is 0.417. The van der Waals surface area contributed by atoms with E-state index in [2.05, 4.69) is 11.1 Å². The van der Waals surface area contributed by atoms with Crippen molar-refractivity contribution in [3.63, 3.8) is 0 Å². The first-order valence-electron chi connectivity index (χ1n) is 5.50. The number of hydrogen-bond donors (Lipinski definition) is 1. The number of methoxy groups -OCH3 is 1. The summed E-state index contributed by atoms with van der Waals surface area (Å²) in [6.07, 6.45) is 0.350. The summed E-state index contributed by atoms with van der Waals surface area (Å²) >= 11 is 0. The van der Waals surface area contributed by atoms with Crippen LogP contribution in [0.15, 0.2) is 18.2 Å². The maximum Gasteiger partial charge on any atom is 0.354 e. The number of aromatic carboxylic acids is 1. The Balaban J connectivity index is 2.86. The summed E-state index contributed by atoms with van der Waals surface area (Å²) in [5.74, 6) is -0.522. The van der Waals surface area contributed by atoms with Gasteiger partial charge in [0.05, 0.1) is 19.1 Å². The molecule has 0 aliphatic rings. The van der Waals surface area contributed by atoms with Crippen LogP contribution in [0.4, 0.5) is 5.82 Å². The Bertz CT molecular complexity index is 442. The monoisotopic (exact) mass is 249 g/mol. The number of rotatable bonds is 7. The zero-order chi connectivity index (χ0) is 13.4. The molecule has 0 saturated heterocycles. The molecule has 0 fully saturated rings. The standard InChI is InChI=1S/C12H15N3O3/c1-18-9-8-15(7-3-6-13)11-5-2-4-10(14-11)12(16)17/h2,4-5H,3,7-9H2,1H3,(H,16,17). The van der Waals surface area contributed by atoms with Crippen LogP contribution in [0.25, 0.3) is 0 Å². The molecule has 0 bridgehead atoms. The molecule has 1 N–H and O–H groups in total. The van der Waals surface area contributed by atoms with Gasteiger partial charge in [0, 0.05) is 20.2 Å². The number of hydrogen-bond acceptors (Lipinski definition) is 5. The van der Waals surface area contributed by atoms with Crippen molar-refractivity contribution >= 4 is 11.8 Å². The number of nitrogens with zero attached hydrogens (tertiary/aromatic N) is 3. The molecule has 0 aromatic carbocycles. The summed E-state index contributed by atoms with van der Waals surface area (Å²) in [5, 5.41) is 17.5. The molecule has 6 nitrogen and oxygen atoms in total.